The van der Waals surface area contributed by atoms with Crippen molar-refractivity contribution in [2.24, 2.45) is 0 Å². The number of hydrogen-bond acceptors (Lipinski definition) is 3. The number of rotatable bonds is 2. The highest BCUT2D eigenvalue weighted by molar-refractivity contribution is 5.41. The van der Waals surface area contributed by atoms with Gasteiger partial charge in [-0.05, 0) is 26.1 Å². The third-order valence-electron chi connectivity index (χ3n) is 2.88. The molecule has 1 N–H and O–H groups in total. The Labute approximate surface area is 91.7 Å². The van der Waals surface area contributed by atoms with E-state index in [0.717, 1.165) is 19.6 Å². The van der Waals surface area contributed by atoms with Crippen LogP contribution in [0.15, 0.2) is 30.3 Å². The Balaban J connectivity index is 1.95. The van der Waals surface area contributed by atoms with E-state index < -0.39 is 0 Å². The second-order valence-corrected chi connectivity index (χ2v) is 4.28. The molecule has 0 saturated carbocycles. The topological polar surface area (TPSA) is 18.5 Å². The van der Waals surface area contributed by atoms with E-state index in [0.29, 0.717) is 6.04 Å². The average Bonchev–Trinajstić information content (AvgIpc) is 2.24. The number of benzene rings is 1. The Hall–Kier alpha value is -1.06. The SMILES string of the molecule is CC1CN(C)CCN1Nc1ccccc1. The third kappa shape index (κ3) is 2.70. The van der Waals surface area contributed by atoms with Gasteiger partial charge in [0, 0.05) is 31.4 Å². The summed E-state index contributed by atoms with van der Waals surface area (Å²) in [6.45, 7) is 5.59. The van der Waals surface area contributed by atoms with Crippen LogP contribution < -0.4 is 5.43 Å². The highest BCUT2D eigenvalue weighted by Crippen LogP contribution is 2.12. The fraction of sp³-hybridized carbons (Fsp3) is 0.500. The highest BCUT2D eigenvalue weighted by atomic mass is 15.5. The molecule has 1 saturated heterocycles. The summed E-state index contributed by atoms with van der Waals surface area (Å²) in [6, 6.07) is 10.9. The molecule has 1 atom stereocenters. The van der Waals surface area contributed by atoms with Gasteiger partial charge in [-0.25, -0.2) is 5.01 Å². The minimum absolute atomic E-state index is 0.559. The van der Waals surface area contributed by atoms with Gasteiger partial charge in [-0.15, -0.1) is 0 Å². The van der Waals surface area contributed by atoms with E-state index in [1.165, 1.54) is 5.69 Å². The van der Waals surface area contributed by atoms with E-state index in [9.17, 15) is 0 Å². The van der Waals surface area contributed by atoms with E-state index in [1.54, 1.807) is 0 Å². The van der Waals surface area contributed by atoms with Crippen LogP contribution in [0, 0.1) is 0 Å². The van der Waals surface area contributed by atoms with Crippen LogP contribution in [0.1, 0.15) is 6.92 Å². The third-order valence-corrected chi connectivity index (χ3v) is 2.88. The van der Waals surface area contributed by atoms with E-state index in [4.69, 9.17) is 0 Å². The molecule has 1 fully saturated rings. The lowest BCUT2D eigenvalue weighted by atomic mass is 10.2. The van der Waals surface area contributed by atoms with Gasteiger partial charge in [0.25, 0.3) is 0 Å². The van der Waals surface area contributed by atoms with Crippen LogP contribution in [0.5, 0.6) is 0 Å². The quantitative estimate of drug-likeness (QED) is 0.792. The lowest BCUT2D eigenvalue weighted by molar-refractivity contribution is 0.124. The molecule has 0 amide bonds. The molecular weight excluding hydrogens is 186 g/mol. The van der Waals surface area contributed by atoms with E-state index in [2.05, 4.69) is 53.6 Å². The fourth-order valence-corrected chi connectivity index (χ4v) is 1.98. The maximum absolute atomic E-state index is 3.46. The normalized spacial score (nSPS) is 24.0. The Morgan fingerprint density at radius 1 is 1.20 bits per heavy atom. The molecule has 3 heteroatoms. The maximum atomic E-state index is 3.46. The molecular formula is C12H19N3. The van der Waals surface area contributed by atoms with Gasteiger partial charge >= 0.3 is 0 Å². The summed E-state index contributed by atoms with van der Waals surface area (Å²) >= 11 is 0. The number of nitrogens with one attached hydrogen (secondary N) is 1. The van der Waals surface area contributed by atoms with Gasteiger partial charge in [0.05, 0.1) is 0 Å². The summed E-state index contributed by atoms with van der Waals surface area (Å²) in [5, 5.41) is 2.31. The summed E-state index contributed by atoms with van der Waals surface area (Å²) in [7, 11) is 2.18. The van der Waals surface area contributed by atoms with Crippen LogP contribution in [0.4, 0.5) is 5.69 Å². The predicted octanol–water partition coefficient (Wildman–Crippen LogP) is 1.65. The molecule has 0 aromatic heterocycles. The highest BCUT2D eigenvalue weighted by Gasteiger charge is 2.20. The molecule has 1 aliphatic heterocycles. The van der Waals surface area contributed by atoms with Crippen molar-refractivity contribution in [2.45, 2.75) is 13.0 Å². The molecule has 0 aliphatic carbocycles. The number of para-hydroxylation sites is 1. The number of anilines is 1. The lowest BCUT2D eigenvalue weighted by Gasteiger charge is -2.38. The van der Waals surface area contributed by atoms with Gasteiger partial charge in [0.15, 0.2) is 0 Å². The van der Waals surface area contributed by atoms with Gasteiger partial charge in [-0.1, -0.05) is 18.2 Å². The molecule has 3 nitrogen and oxygen atoms in total. The van der Waals surface area contributed by atoms with Crippen LogP contribution in [-0.2, 0) is 0 Å². The summed E-state index contributed by atoms with van der Waals surface area (Å²) in [5.74, 6) is 0. The van der Waals surface area contributed by atoms with Crippen molar-refractivity contribution in [2.75, 3.05) is 32.1 Å². The van der Waals surface area contributed by atoms with Gasteiger partial charge in [-0.3, -0.25) is 0 Å². The number of piperazine rings is 1. The molecule has 1 aromatic carbocycles. The molecule has 0 spiro atoms. The van der Waals surface area contributed by atoms with Crippen molar-refractivity contribution in [3.05, 3.63) is 30.3 Å². The molecule has 82 valence electrons. The zero-order valence-corrected chi connectivity index (χ0v) is 9.48. The second-order valence-electron chi connectivity index (χ2n) is 4.28. The number of hydrogen-bond donors (Lipinski definition) is 1. The van der Waals surface area contributed by atoms with Crippen LogP contribution >= 0.6 is 0 Å². The number of likely N-dealkylation sites (N-methyl/N-ethyl adjacent to an activating group) is 1. The van der Waals surface area contributed by atoms with Gasteiger partial charge in [0.1, 0.15) is 0 Å². The maximum Gasteiger partial charge on any atom is 0.0490 e. The lowest BCUT2D eigenvalue weighted by Crippen LogP contribution is -2.52. The smallest absolute Gasteiger partial charge is 0.0490 e. The van der Waals surface area contributed by atoms with Crippen molar-refractivity contribution >= 4 is 5.69 Å². The van der Waals surface area contributed by atoms with Crippen LogP contribution in [-0.4, -0.2) is 42.6 Å². The van der Waals surface area contributed by atoms with E-state index >= 15 is 0 Å². The molecule has 1 aliphatic rings. The Morgan fingerprint density at radius 2 is 1.93 bits per heavy atom. The zero-order chi connectivity index (χ0) is 10.7. The Morgan fingerprint density at radius 3 is 2.60 bits per heavy atom. The molecule has 1 unspecified atom stereocenters. The molecule has 0 bridgehead atoms. The fourth-order valence-electron chi connectivity index (χ4n) is 1.98. The standard InChI is InChI=1S/C12H19N3/c1-11-10-14(2)8-9-15(11)13-12-6-4-3-5-7-12/h3-7,11,13H,8-10H2,1-2H3. The van der Waals surface area contributed by atoms with Gasteiger partial charge < -0.3 is 10.3 Å². The summed E-state index contributed by atoms with van der Waals surface area (Å²) in [6.07, 6.45) is 0. The first-order valence-corrected chi connectivity index (χ1v) is 5.52. The van der Waals surface area contributed by atoms with Crippen molar-refractivity contribution in [1.29, 1.82) is 0 Å². The molecule has 15 heavy (non-hydrogen) atoms. The Bertz CT molecular complexity index is 299. The molecule has 2 rings (SSSR count). The van der Waals surface area contributed by atoms with Crippen molar-refractivity contribution in [1.82, 2.24) is 9.91 Å². The summed E-state index contributed by atoms with van der Waals surface area (Å²) in [5.41, 5.74) is 4.63. The van der Waals surface area contributed by atoms with Crippen LogP contribution in [0.3, 0.4) is 0 Å². The minimum Gasteiger partial charge on any atom is -0.319 e. The van der Waals surface area contributed by atoms with Gasteiger partial charge in [-0.2, -0.15) is 0 Å². The van der Waals surface area contributed by atoms with Crippen molar-refractivity contribution < 1.29 is 0 Å². The van der Waals surface area contributed by atoms with Crippen LogP contribution in [0.25, 0.3) is 0 Å². The van der Waals surface area contributed by atoms with Crippen molar-refractivity contribution in [3.63, 3.8) is 0 Å². The predicted molar refractivity (Wildman–Crippen MR) is 63.7 cm³/mol. The first kappa shape index (κ1) is 10.5. The second kappa shape index (κ2) is 4.64. The molecule has 1 aromatic rings. The molecule has 0 radical (unpaired) electrons. The molecule has 1 heterocycles. The monoisotopic (exact) mass is 205 g/mol. The number of nitrogens with zero attached hydrogens (tertiary/aromatic N) is 2. The summed E-state index contributed by atoms with van der Waals surface area (Å²) in [4.78, 5) is 2.37. The first-order valence-electron chi connectivity index (χ1n) is 5.52. The first-order chi connectivity index (χ1) is 7.25. The zero-order valence-electron chi connectivity index (χ0n) is 9.48. The minimum atomic E-state index is 0.559. The van der Waals surface area contributed by atoms with E-state index in [1.807, 2.05) is 6.07 Å². The number of hydrazine groups is 1. The van der Waals surface area contributed by atoms with Crippen LogP contribution in [0.2, 0.25) is 0 Å². The summed E-state index contributed by atoms with van der Waals surface area (Å²) < 4.78 is 0. The van der Waals surface area contributed by atoms with Gasteiger partial charge in [0.2, 0.25) is 0 Å². The largest absolute Gasteiger partial charge is 0.319 e. The average molecular weight is 205 g/mol. The Kier molecular flexibility index (Phi) is 3.23. The van der Waals surface area contributed by atoms with E-state index in [-0.39, 0.29) is 0 Å². The van der Waals surface area contributed by atoms with Crippen molar-refractivity contribution in [3.8, 4) is 0 Å².